The van der Waals surface area contributed by atoms with Crippen LogP contribution in [0.2, 0.25) is 5.02 Å². The Morgan fingerprint density at radius 2 is 1.62 bits per heavy atom. The molecule has 3 rings (SSSR count). The molecule has 0 bridgehead atoms. The van der Waals surface area contributed by atoms with Gasteiger partial charge in [0.05, 0.1) is 0 Å². The molecule has 1 atom stereocenters. The van der Waals surface area contributed by atoms with E-state index in [1.165, 1.54) is 19.3 Å². The summed E-state index contributed by atoms with van der Waals surface area (Å²) in [6.07, 6.45) is 5.81. The van der Waals surface area contributed by atoms with Crippen LogP contribution in [0.4, 0.5) is 5.69 Å². The van der Waals surface area contributed by atoms with Gasteiger partial charge in [-0.2, -0.15) is 0 Å². The Labute approximate surface area is 148 Å². The van der Waals surface area contributed by atoms with E-state index >= 15 is 0 Å². The fourth-order valence-electron chi connectivity index (χ4n) is 3.19. The zero-order valence-electron chi connectivity index (χ0n) is 13.7. The molecule has 1 saturated carbocycles. The predicted octanol–water partition coefficient (Wildman–Crippen LogP) is 4.94. The fourth-order valence-corrected chi connectivity index (χ4v) is 3.31. The van der Waals surface area contributed by atoms with Gasteiger partial charge in [0.25, 0.3) is 0 Å². The first-order valence-corrected chi connectivity index (χ1v) is 8.97. The van der Waals surface area contributed by atoms with E-state index in [0.29, 0.717) is 11.1 Å². The monoisotopic (exact) mass is 342 g/mol. The van der Waals surface area contributed by atoms with Gasteiger partial charge in [-0.3, -0.25) is 4.79 Å². The molecule has 1 aliphatic rings. The van der Waals surface area contributed by atoms with Crippen molar-refractivity contribution in [2.45, 2.75) is 44.2 Å². The van der Waals surface area contributed by atoms with Gasteiger partial charge in [0.2, 0.25) is 5.91 Å². The van der Waals surface area contributed by atoms with Crippen LogP contribution >= 0.6 is 11.6 Å². The van der Waals surface area contributed by atoms with E-state index in [1.54, 1.807) is 0 Å². The van der Waals surface area contributed by atoms with Crippen LogP contribution in [-0.4, -0.2) is 11.9 Å². The van der Waals surface area contributed by atoms with Gasteiger partial charge in [0.15, 0.2) is 0 Å². The minimum Gasteiger partial charge on any atom is -0.370 e. The molecule has 0 heterocycles. The molecule has 1 unspecified atom stereocenters. The van der Waals surface area contributed by atoms with Crippen LogP contribution in [0.3, 0.4) is 0 Å². The smallest absolute Gasteiger partial charge is 0.247 e. The molecule has 4 heteroatoms. The lowest BCUT2D eigenvalue weighted by molar-refractivity contribution is -0.122. The number of hydrogen-bond acceptors (Lipinski definition) is 2. The minimum absolute atomic E-state index is 0.0214. The zero-order chi connectivity index (χ0) is 16.8. The van der Waals surface area contributed by atoms with Crippen molar-refractivity contribution in [3.05, 3.63) is 65.2 Å². The van der Waals surface area contributed by atoms with Gasteiger partial charge < -0.3 is 10.6 Å². The molecule has 126 valence electrons. The number of amides is 1. The topological polar surface area (TPSA) is 41.1 Å². The van der Waals surface area contributed by atoms with Crippen LogP contribution in [0, 0.1) is 0 Å². The summed E-state index contributed by atoms with van der Waals surface area (Å²) in [4.78, 5) is 12.9. The van der Waals surface area contributed by atoms with Crippen LogP contribution < -0.4 is 10.6 Å². The number of para-hydroxylation sites is 1. The summed E-state index contributed by atoms with van der Waals surface area (Å²) in [6.45, 7) is 0. The molecule has 2 aromatic rings. The van der Waals surface area contributed by atoms with Gasteiger partial charge in [0, 0.05) is 16.8 Å². The number of anilines is 1. The third-order valence-corrected chi connectivity index (χ3v) is 4.75. The van der Waals surface area contributed by atoms with Crippen molar-refractivity contribution in [1.82, 2.24) is 5.32 Å². The predicted molar refractivity (Wildman–Crippen MR) is 99.3 cm³/mol. The molecular weight excluding hydrogens is 320 g/mol. The Bertz CT molecular complexity index is 651. The summed E-state index contributed by atoms with van der Waals surface area (Å²) in [6, 6.07) is 17.1. The van der Waals surface area contributed by atoms with Crippen molar-refractivity contribution in [2.75, 3.05) is 5.32 Å². The number of rotatable bonds is 5. The van der Waals surface area contributed by atoms with E-state index in [2.05, 4.69) is 10.6 Å². The van der Waals surface area contributed by atoms with Crippen LogP contribution in [0.5, 0.6) is 0 Å². The Kier molecular flexibility index (Phi) is 5.76. The molecule has 1 fully saturated rings. The van der Waals surface area contributed by atoms with Crippen LogP contribution in [0.1, 0.15) is 43.7 Å². The summed E-state index contributed by atoms with van der Waals surface area (Å²) in [5.74, 6) is 0.0214. The maximum Gasteiger partial charge on any atom is 0.247 e. The van der Waals surface area contributed by atoms with Gasteiger partial charge >= 0.3 is 0 Å². The van der Waals surface area contributed by atoms with Crippen molar-refractivity contribution >= 4 is 23.2 Å². The molecule has 3 nitrogen and oxygen atoms in total. The first kappa shape index (κ1) is 16.8. The number of carbonyl (C=O) groups excluding carboxylic acids is 1. The Hall–Kier alpha value is -2.00. The Balaban J connectivity index is 1.77. The van der Waals surface area contributed by atoms with E-state index in [4.69, 9.17) is 11.6 Å². The lowest BCUT2D eigenvalue weighted by atomic mass is 9.95. The highest BCUT2D eigenvalue weighted by Crippen LogP contribution is 2.23. The van der Waals surface area contributed by atoms with Crippen molar-refractivity contribution in [2.24, 2.45) is 0 Å². The average Bonchev–Trinajstić information content (AvgIpc) is 2.62. The van der Waals surface area contributed by atoms with Crippen molar-refractivity contribution < 1.29 is 4.79 Å². The highest BCUT2D eigenvalue weighted by atomic mass is 35.5. The molecule has 2 aromatic carbocycles. The van der Waals surface area contributed by atoms with Crippen LogP contribution in [0.15, 0.2) is 54.6 Å². The minimum atomic E-state index is -0.424. The second-order valence-electron chi connectivity index (χ2n) is 6.34. The molecule has 2 N–H and O–H groups in total. The average molecular weight is 343 g/mol. The third-order valence-electron chi connectivity index (χ3n) is 4.50. The summed E-state index contributed by atoms with van der Waals surface area (Å²) in [5.41, 5.74) is 1.84. The van der Waals surface area contributed by atoms with Crippen molar-refractivity contribution in [3.63, 3.8) is 0 Å². The second-order valence-corrected chi connectivity index (χ2v) is 6.77. The summed E-state index contributed by atoms with van der Waals surface area (Å²) in [7, 11) is 0. The summed E-state index contributed by atoms with van der Waals surface area (Å²) >= 11 is 5.99. The summed E-state index contributed by atoms with van der Waals surface area (Å²) < 4.78 is 0. The molecule has 0 aliphatic heterocycles. The van der Waals surface area contributed by atoms with Gasteiger partial charge in [0.1, 0.15) is 6.04 Å². The molecule has 0 saturated heterocycles. The normalized spacial score (nSPS) is 16.4. The first-order valence-electron chi connectivity index (χ1n) is 8.60. The standard InChI is InChI=1S/C20H23ClN2O/c21-16-13-11-15(12-14-16)19(22-17-7-3-1-4-8-17)20(24)23-18-9-5-2-6-10-18/h1,3-4,7-8,11-14,18-19,22H,2,5-6,9-10H2,(H,23,24). The molecule has 0 radical (unpaired) electrons. The first-order chi connectivity index (χ1) is 11.7. The highest BCUT2D eigenvalue weighted by molar-refractivity contribution is 6.30. The van der Waals surface area contributed by atoms with E-state index in [1.807, 2.05) is 54.6 Å². The second kappa shape index (κ2) is 8.20. The lowest BCUT2D eigenvalue weighted by Crippen LogP contribution is -2.41. The Morgan fingerprint density at radius 3 is 2.29 bits per heavy atom. The maximum atomic E-state index is 12.9. The SMILES string of the molecule is O=C(NC1CCCCC1)C(Nc1ccccc1)c1ccc(Cl)cc1. The summed E-state index contributed by atoms with van der Waals surface area (Å²) in [5, 5.41) is 7.24. The maximum absolute atomic E-state index is 12.9. The molecule has 0 aromatic heterocycles. The van der Waals surface area contributed by atoms with Crippen molar-refractivity contribution in [3.8, 4) is 0 Å². The number of benzene rings is 2. The fraction of sp³-hybridized carbons (Fsp3) is 0.350. The third kappa shape index (κ3) is 4.51. The van der Waals surface area contributed by atoms with E-state index in [0.717, 1.165) is 24.1 Å². The van der Waals surface area contributed by atoms with Gasteiger partial charge in [-0.15, -0.1) is 0 Å². The lowest BCUT2D eigenvalue weighted by Gasteiger charge is -2.26. The number of hydrogen-bond donors (Lipinski definition) is 2. The number of halogens is 1. The molecule has 1 amide bonds. The largest absolute Gasteiger partial charge is 0.370 e. The quantitative estimate of drug-likeness (QED) is 0.807. The van der Waals surface area contributed by atoms with E-state index < -0.39 is 6.04 Å². The molecule has 1 aliphatic carbocycles. The molecular formula is C20H23ClN2O. The Morgan fingerprint density at radius 1 is 0.958 bits per heavy atom. The highest BCUT2D eigenvalue weighted by Gasteiger charge is 2.24. The molecule has 0 spiro atoms. The van der Waals surface area contributed by atoms with Gasteiger partial charge in [-0.05, 0) is 42.7 Å². The van der Waals surface area contributed by atoms with Crippen LogP contribution in [-0.2, 0) is 4.79 Å². The van der Waals surface area contributed by atoms with E-state index in [-0.39, 0.29) is 5.91 Å². The van der Waals surface area contributed by atoms with Crippen molar-refractivity contribution in [1.29, 1.82) is 0 Å². The molecule has 24 heavy (non-hydrogen) atoms. The van der Waals surface area contributed by atoms with Gasteiger partial charge in [-0.1, -0.05) is 61.2 Å². The number of nitrogens with one attached hydrogen (secondary N) is 2. The van der Waals surface area contributed by atoms with Gasteiger partial charge in [-0.25, -0.2) is 0 Å². The zero-order valence-corrected chi connectivity index (χ0v) is 14.4. The number of carbonyl (C=O) groups is 1. The van der Waals surface area contributed by atoms with Crippen LogP contribution in [0.25, 0.3) is 0 Å². The van der Waals surface area contributed by atoms with E-state index in [9.17, 15) is 4.79 Å².